The summed E-state index contributed by atoms with van der Waals surface area (Å²) in [7, 11) is 1.73. The minimum atomic E-state index is -4.54. The second-order valence-electron chi connectivity index (χ2n) is 7.49. The van der Waals surface area contributed by atoms with Gasteiger partial charge in [0.1, 0.15) is 6.33 Å². The number of fused-ring (bicyclic) bond motifs is 1. The van der Waals surface area contributed by atoms with E-state index in [-0.39, 0.29) is 17.7 Å². The highest BCUT2D eigenvalue weighted by atomic mass is 19.4. The number of nitrogens with zero attached hydrogens (tertiary/aromatic N) is 4. The molecule has 8 heteroatoms. The summed E-state index contributed by atoms with van der Waals surface area (Å²) in [5.74, 6) is 0.0407. The number of aryl methyl sites for hydroxylation is 1. The first-order chi connectivity index (χ1) is 15.4. The molecule has 0 bridgehead atoms. The third-order valence-corrected chi connectivity index (χ3v) is 5.63. The van der Waals surface area contributed by atoms with E-state index in [2.05, 4.69) is 10.1 Å². The van der Waals surface area contributed by atoms with Crippen LogP contribution in [0.4, 0.5) is 18.9 Å². The van der Waals surface area contributed by atoms with Gasteiger partial charge in [-0.25, -0.2) is 9.67 Å². The van der Waals surface area contributed by atoms with Gasteiger partial charge >= 0.3 is 6.18 Å². The van der Waals surface area contributed by atoms with E-state index in [1.54, 1.807) is 23.9 Å². The molecule has 0 spiro atoms. The van der Waals surface area contributed by atoms with Crippen LogP contribution < -0.4 is 4.90 Å². The van der Waals surface area contributed by atoms with Crippen molar-refractivity contribution in [1.29, 1.82) is 0 Å². The lowest BCUT2D eigenvalue weighted by molar-refractivity contribution is -0.138. The standard InChI is InChI=1S/C24H17F3N4O/c1-30-22(28-14-29-30)21-16(15-7-3-2-4-8-15)9-6-12-20(21)31-13-18-17(23(31)32)10-5-11-19(18)24(25,26)27/h2-12,14H,13H2,1H3. The van der Waals surface area contributed by atoms with E-state index in [0.717, 1.165) is 17.2 Å². The lowest BCUT2D eigenvalue weighted by Crippen LogP contribution is -2.24. The minimum absolute atomic E-state index is 0.0148. The van der Waals surface area contributed by atoms with Gasteiger partial charge < -0.3 is 4.90 Å². The molecule has 0 radical (unpaired) electrons. The Bertz CT molecular complexity index is 1330. The average Bonchev–Trinajstić information content (AvgIpc) is 3.36. The van der Waals surface area contributed by atoms with E-state index in [1.165, 1.54) is 23.4 Å². The summed E-state index contributed by atoms with van der Waals surface area (Å²) >= 11 is 0. The van der Waals surface area contributed by atoms with E-state index < -0.39 is 17.6 Å². The molecule has 4 aromatic rings. The van der Waals surface area contributed by atoms with Crippen molar-refractivity contribution >= 4 is 11.6 Å². The molecule has 1 amide bonds. The Morgan fingerprint density at radius 1 is 0.906 bits per heavy atom. The Kier molecular flexibility index (Phi) is 4.58. The van der Waals surface area contributed by atoms with E-state index in [1.807, 2.05) is 36.4 Å². The van der Waals surface area contributed by atoms with Gasteiger partial charge in [-0.05, 0) is 34.9 Å². The molecule has 0 N–H and O–H groups in total. The zero-order valence-corrected chi connectivity index (χ0v) is 17.0. The second kappa shape index (κ2) is 7.33. The van der Waals surface area contributed by atoms with Crippen molar-refractivity contribution in [3.63, 3.8) is 0 Å². The molecule has 0 saturated carbocycles. The van der Waals surface area contributed by atoms with Crippen LogP contribution in [-0.4, -0.2) is 20.7 Å². The molecule has 2 heterocycles. The summed E-state index contributed by atoms with van der Waals surface area (Å²) in [6.07, 6.45) is -3.14. The fourth-order valence-corrected chi connectivity index (χ4v) is 4.17. The van der Waals surface area contributed by atoms with Gasteiger partial charge in [0.2, 0.25) is 0 Å². The van der Waals surface area contributed by atoms with E-state index in [4.69, 9.17) is 0 Å². The monoisotopic (exact) mass is 434 g/mol. The lowest BCUT2D eigenvalue weighted by atomic mass is 9.97. The van der Waals surface area contributed by atoms with Crippen LogP contribution in [0.2, 0.25) is 0 Å². The lowest BCUT2D eigenvalue weighted by Gasteiger charge is -2.22. The molecule has 0 saturated heterocycles. The Morgan fingerprint density at radius 2 is 1.62 bits per heavy atom. The SMILES string of the molecule is Cn1ncnc1-c1c(-c2ccccc2)cccc1N1Cc2c(cccc2C(F)(F)F)C1=O. The van der Waals surface area contributed by atoms with Crippen LogP contribution >= 0.6 is 0 Å². The van der Waals surface area contributed by atoms with Gasteiger partial charge in [-0.1, -0.05) is 48.5 Å². The van der Waals surface area contributed by atoms with Gasteiger partial charge in [0, 0.05) is 12.6 Å². The van der Waals surface area contributed by atoms with Gasteiger partial charge in [-0.15, -0.1) is 0 Å². The largest absolute Gasteiger partial charge is 0.416 e. The number of hydrogen-bond acceptors (Lipinski definition) is 3. The van der Waals surface area contributed by atoms with Gasteiger partial charge in [0.25, 0.3) is 5.91 Å². The van der Waals surface area contributed by atoms with Crippen molar-refractivity contribution in [3.8, 4) is 22.5 Å². The summed E-state index contributed by atoms with van der Waals surface area (Å²) in [6, 6.07) is 18.7. The third-order valence-electron chi connectivity index (χ3n) is 5.63. The number of anilines is 1. The summed E-state index contributed by atoms with van der Waals surface area (Å²) in [6.45, 7) is -0.174. The quantitative estimate of drug-likeness (QED) is 0.438. The fourth-order valence-electron chi connectivity index (χ4n) is 4.17. The summed E-state index contributed by atoms with van der Waals surface area (Å²) in [4.78, 5) is 19.0. The third kappa shape index (κ3) is 3.15. The molecule has 0 unspecified atom stereocenters. The molecule has 1 aliphatic heterocycles. The van der Waals surface area contributed by atoms with Crippen molar-refractivity contribution in [1.82, 2.24) is 14.8 Å². The number of benzene rings is 3. The molecule has 3 aromatic carbocycles. The van der Waals surface area contributed by atoms with Crippen molar-refractivity contribution in [2.45, 2.75) is 12.7 Å². The molecule has 5 rings (SSSR count). The highest BCUT2D eigenvalue weighted by Gasteiger charge is 2.40. The topological polar surface area (TPSA) is 51.0 Å². The van der Waals surface area contributed by atoms with Crippen molar-refractivity contribution in [2.24, 2.45) is 7.05 Å². The van der Waals surface area contributed by atoms with Crippen LogP contribution in [0, 0.1) is 0 Å². The van der Waals surface area contributed by atoms with Crippen molar-refractivity contribution in [2.75, 3.05) is 4.90 Å². The first kappa shape index (κ1) is 20.0. The van der Waals surface area contributed by atoms with Crippen LogP contribution in [0.15, 0.2) is 73.1 Å². The van der Waals surface area contributed by atoms with Crippen LogP contribution in [0.1, 0.15) is 21.5 Å². The summed E-state index contributed by atoms with van der Waals surface area (Å²) < 4.78 is 42.4. The average molecular weight is 434 g/mol. The van der Waals surface area contributed by atoms with Gasteiger partial charge in [-0.3, -0.25) is 4.79 Å². The highest BCUT2D eigenvalue weighted by Crippen LogP contribution is 2.43. The molecular formula is C24H17F3N4O. The van der Waals surface area contributed by atoms with Gasteiger partial charge in [-0.2, -0.15) is 18.3 Å². The number of carbonyl (C=O) groups excluding carboxylic acids is 1. The van der Waals surface area contributed by atoms with Crippen molar-refractivity contribution < 1.29 is 18.0 Å². The number of hydrogen-bond donors (Lipinski definition) is 0. The summed E-state index contributed by atoms with van der Waals surface area (Å²) in [5, 5.41) is 4.15. The Morgan fingerprint density at radius 3 is 2.31 bits per heavy atom. The number of aromatic nitrogens is 3. The Hall–Kier alpha value is -3.94. The maximum absolute atomic E-state index is 13.6. The van der Waals surface area contributed by atoms with E-state index in [9.17, 15) is 18.0 Å². The number of alkyl halides is 3. The number of amides is 1. The zero-order chi connectivity index (χ0) is 22.5. The Labute approximate surface area is 181 Å². The smallest absolute Gasteiger partial charge is 0.303 e. The second-order valence-corrected chi connectivity index (χ2v) is 7.49. The molecule has 160 valence electrons. The van der Waals surface area contributed by atoms with E-state index >= 15 is 0 Å². The molecule has 0 atom stereocenters. The molecule has 1 aliphatic rings. The number of halogens is 3. The van der Waals surface area contributed by atoms with Crippen LogP contribution in [0.3, 0.4) is 0 Å². The molecule has 5 nitrogen and oxygen atoms in total. The van der Waals surface area contributed by atoms with Crippen LogP contribution in [0.25, 0.3) is 22.5 Å². The first-order valence-electron chi connectivity index (χ1n) is 9.90. The van der Waals surface area contributed by atoms with Gasteiger partial charge in [0.05, 0.1) is 23.4 Å². The molecule has 32 heavy (non-hydrogen) atoms. The molecule has 0 aliphatic carbocycles. The molecule has 0 fully saturated rings. The number of carbonyl (C=O) groups is 1. The minimum Gasteiger partial charge on any atom is -0.303 e. The summed E-state index contributed by atoms with van der Waals surface area (Å²) in [5.41, 5.74) is 2.08. The van der Waals surface area contributed by atoms with Crippen LogP contribution in [0.5, 0.6) is 0 Å². The predicted molar refractivity (Wildman–Crippen MR) is 114 cm³/mol. The maximum atomic E-state index is 13.6. The van der Waals surface area contributed by atoms with Gasteiger partial charge in [0.15, 0.2) is 5.82 Å². The fraction of sp³-hybridized carbons (Fsp3) is 0.125. The van der Waals surface area contributed by atoms with Crippen molar-refractivity contribution in [3.05, 3.63) is 89.7 Å². The number of rotatable bonds is 3. The van der Waals surface area contributed by atoms with Crippen LogP contribution in [-0.2, 0) is 19.8 Å². The van der Waals surface area contributed by atoms with E-state index in [0.29, 0.717) is 17.1 Å². The Balaban J connectivity index is 1.72. The molecule has 1 aromatic heterocycles. The predicted octanol–water partition coefficient (Wildman–Crippen LogP) is 5.33. The normalized spacial score (nSPS) is 13.5. The maximum Gasteiger partial charge on any atom is 0.416 e. The molecular weight excluding hydrogens is 417 g/mol. The zero-order valence-electron chi connectivity index (χ0n) is 17.0. The highest BCUT2D eigenvalue weighted by molar-refractivity contribution is 6.12. The first-order valence-corrected chi connectivity index (χ1v) is 9.90.